The van der Waals surface area contributed by atoms with E-state index in [1.54, 1.807) is 0 Å². The van der Waals surface area contributed by atoms with E-state index in [9.17, 15) is 22.8 Å². The van der Waals surface area contributed by atoms with E-state index in [2.05, 4.69) is 0 Å². The standard InChI is InChI=1S/C14H14F3NO4/c15-14(16,17)13(12(21)22)5-6-18(8-13)11(20)7-9-1-3-10(19)4-2-9/h1-4,19H,5-8H2,(H,21,22). The lowest BCUT2D eigenvalue weighted by Crippen LogP contribution is -2.47. The number of rotatable bonds is 3. The van der Waals surface area contributed by atoms with E-state index in [0.717, 1.165) is 4.90 Å². The van der Waals surface area contributed by atoms with Crippen molar-refractivity contribution in [3.63, 3.8) is 0 Å². The van der Waals surface area contributed by atoms with Crippen LogP contribution in [-0.2, 0) is 16.0 Å². The van der Waals surface area contributed by atoms with Crippen molar-refractivity contribution in [2.45, 2.75) is 19.0 Å². The van der Waals surface area contributed by atoms with E-state index in [1.807, 2.05) is 0 Å². The molecule has 8 heteroatoms. The second-order valence-electron chi connectivity index (χ2n) is 5.29. The first-order valence-corrected chi connectivity index (χ1v) is 6.51. The number of carbonyl (C=O) groups is 2. The zero-order chi connectivity index (χ0) is 16.5. The molecule has 120 valence electrons. The minimum absolute atomic E-state index is 0.0133. The third kappa shape index (κ3) is 2.86. The number of halogens is 3. The van der Waals surface area contributed by atoms with Crippen LogP contribution in [0.15, 0.2) is 24.3 Å². The van der Waals surface area contributed by atoms with Gasteiger partial charge >= 0.3 is 12.1 Å². The average molecular weight is 317 g/mol. The number of amides is 1. The van der Waals surface area contributed by atoms with Crippen molar-refractivity contribution in [1.29, 1.82) is 0 Å². The molecule has 1 aliphatic heterocycles. The molecule has 0 aliphatic carbocycles. The maximum atomic E-state index is 13.0. The third-order valence-corrected chi connectivity index (χ3v) is 3.87. The van der Waals surface area contributed by atoms with Crippen molar-refractivity contribution in [3.8, 4) is 5.75 Å². The first kappa shape index (κ1) is 16.1. The molecular weight excluding hydrogens is 303 g/mol. The summed E-state index contributed by atoms with van der Waals surface area (Å²) in [6.07, 6.45) is -5.70. The van der Waals surface area contributed by atoms with E-state index in [4.69, 9.17) is 10.2 Å². The normalized spacial score (nSPS) is 21.9. The molecule has 5 nitrogen and oxygen atoms in total. The number of phenols is 1. The van der Waals surface area contributed by atoms with Crippen molar-refractivity contribution < 1.29 is 33.0 Å². The van der Waals surface area contributed by atoms with Gasteiger partial charge in [0, 0.05) is 13.1 Å². The molecule has 1 fully saturated rings. The molecule has 1 saturated heterocycles. The van der Waals surface area contributed by atoms with Gasteiger partial charge in [-0.1, -0.05) is 12.1 Å². The van der Waals surface area contributed by atoms with E-state index in [-0.39, 0.29) is 18.7 Å². The summed E-state index contributed by atoms with van der Waals surface area (Å²) in [7, 11) is 0. The Morgan fingerprint density at radius 3 is 2.27 bits per heavy atom. The van der Waals surface area contributed by atoms with Gasteiger partial charge in [0.1, 0.15) is 5.75 Å². The molecule has 0 bridgehead atoms. The second kappa shape index (κ2) is 5.51. The SMILES string of the molecule is O=C(Cc1ccc(O)cc1)N1CCC(C(=O)O)(C(F)(F)F)C1. The summed E-state index contributed by atoms with van der Waals surface area (Å²) in [6, 6.07) is 5.70. The number of carboxylic acid groups (broad SMARTS) is 1. The number of benzene rings is 1. The molecule has 1 aliphatic rings. The molecule has 1 aromatic carbocycles. The Morgan fingerprint density at radius 1 is 1.23 bits per heavy atom. The Balaban J connectivity index is 2.10. The molecule has 1 aromatic rings. The van der Waals surface area contributed by atoms with Crippen molar-refractivity contribution in [2.75, 3.05) is 13.1 Å². The number of hydrogen-bond acceptors (Lipinski definition) is 3. The summed E-state index contributed by atoms with van der Waals surface area (Å²) in [4.78, 5) is 24.0. The summed E-state index contributed by atoms with van der Waals surface area (Å²) >= 11 is 0. The van der Waals surface area contributed by atoms with Gasteiger partial charge in [-0.05, 0) is 24.1 Å². The van der Waals surface area contributed by atoms with Crippen LogP contribution in [0.4, 0.5) is 13.2 Å². The van der Waals surface area contributed by atoms with Crippen LogP contribution in [0.1, 0.15) is 12.0 Å². The zero-order valence-electron chi connectivity index (χ0n) is 11.4. The number of alkyl halides is 3. The topological polar surface area (TPSA) is 77.8 Å². The fraction of sp³-hybridized carbons (Fsp3) is 0.429. The monoisotopic (exact) mass is 317 g/mol. The minimum Gasteiger partial charge on any atom is -0.508 e. The smallest absolute Gasteiger partial charge is 0.406 e. The molecule has 1 atom stereocenters. The number of aliphatic carboxylic acids is 1. The van der Waals surface area contributed by atoms with Crippen molar-refractivity contribution in [2.24, 2.45) is 5.41 Å². The highest BCUT2D eigenvalue weighted by Gasteiger charge is 2.64. The lowest BCUT2D eigenvalue weighted by atomic mass is 9.86. The molecule has 2 rings (SSSR count). The summed E-state index contributed by atoms with van der Waals surface area (Å²) in [6.45, 7) is -1.12. The Hall–Kier alpha value is -2.25. The predicted molar refractivity (Wildman–Crippen MR) is 69.1 cm³/mol. The lowest BCUT2D eigenvalue weighted by molar-refractivity contribution is -0.227. The van der Waals surface area contributed by atoms with Gasteiger partial charge in [-0.25, -0.2) is 0 Å². The number of aromatic hydroxyl groups is 1. The van der Waals surface area contributed by atoms with Crippen LogP contribution in [-0.4, -0.2) is 46.3 Å². The van der Waals surface area contributed by atoms with Crippen LogP contribution in [0.2, 0.25) is 0 Å². The second-order valence-corrected chi connectivity index (χ2v) is 5.29. The van der Waals surface area contributed by atoms with Crippen LogP contribution in [0, 0.1) is 5.41 Å². The van der Waals surface area contributed by atoms with Gasteiger partial charge in [0.05, 0.1) is 6.42 Å². The predicted octanol–water partition coefficient (Wildman–Crippen LogP) is 1.80. The van der Waals surface area contributed by atoms with E-state index >= 15 is 0 Å². The summed E-state index contributed by atoms with van der Waals surface area (Å²) in [5.74, 6) is -2.52. The number of hydrogen-bond donors (Lipinski definition) is 2. The van der Waals surface area contributed by atoms with Gasteiger partial charge in [-0.3, -0.25) is 9.59 Å². The fourth-order valence-electron chi connectivity index (χ4n) is 2.45. The fourth-order valence-corrected chi connectivity index (χ4v) is 2.45. The highest BCUT2D eigenvalue weighted by molar-refractivity contribution is 5.82. The number of carboxylic acids is 1. The number of likely N-dealkylation sites (tertiary alicyclic amines) is 1. The maximum Gasteiger partial charge on any atom is 0.406 e. The molecule has 0 spiro atoms. The largest absolute Gasteiger partial charge is 0.508 e. The van der Waals surface area contributed by atoms with Crippen molar-refractivity contribution in [1.82, 2.24) is 4.90 Å². The van der Waals surface area contributed by atoms with Gasteiger partial charge in [-0.15, -0.1) is 0 Å². The number of phenolic OH excluding ortho intramolecular Hbond substituents is 1. The van der Waals surface area contributed by atoms with Crippen LogP contribution in [0.5, 0.6) is 5.75 Å². The van der Waals surface area contributed by atoms with Crippen molar-refractivity contribution >= 4 is 11.9 Å². The lowest BCUT2D eigenvalue weighted by Gasteiger charge is -2.27. The maximum absolute atomic E-state index is 13.0. The van der Waals surface area contributed by atoms with Crippen molar-refractivity contribution in [3.05, 3.63) is 29.8 Å². The van der Waals surface area contributed by atoms with Gasteiger partial charge in [0.25, 0.3) is 0 Å². The Kier molecular flexibility index (Phi) is 4.04. The van der Waals surface area contributed by atoms with Crippen LogP contribution in [0.3, 0.4) is 0 Å². The molecule has 1 amide bonds. The first-order chi connectivity index (χ1) is 10.2. The zero-order valence-corrected chi connectivity index (χ0v) is 11.4. The van der Waals surface area contributed by atoms with Gasteiger partial charge < -0.3 is 15.1 Å². The molecule has 0 aromatic heterocycles. The van der Waals surface area contributed by atoms with Crippen LogP contribution >= 0.6 is 0 Å². The Labute approximate surface area is 124 Å². The van der Waals surface area contributed by atoms with Gasteiger partial charge in [-0.2, -0.15) is 13.2 Å². The molecule has 0 radical (unpaired) electrons. The quantitative estimate of drug-likeness (QED) is 0.891. The van der Waals surface area contributed by atoms with E-state index in [0.29, 0.717) is 5.56 Å². The highest BCUT2D eigenvalue weighted by Crippen LogP contribution is 2.45. The number of nitrogens with zero attached hydrogens (tertiary/aromatic N) is 1. The number of carbonyl (C=O) groups excluding carboxylic acids is 1. The molecular formula is C14H14F3NO4. The summed E-state index contributed by atoms with van der Waals surface area (Å²) in [5, 5.41) is 18.1. The average Bonchev–Trinajstić information content (AvgIpc) is 2.87. The van der Waals surface area contributed by atoms with Gasteiger partial charge in [0.2, 0.25) is 5.91 Å². The Bertz CT molecular complexity index is 585. The summed E-state index contributed by atoms with van der Waals surface area (Å²) in [5.41, 5.74) is -2.36. The molecule has 1 heterocycles. The Morgan fingerprint density at radius 2 is 1.82 bits per heavy atom. The van der Waals surface area contributed by atoms with E-state index in [1.165, 1.54) is 24.3 Å². The molecule has 22 heavy (non-hydrogen) atoms. The first-order valence-electron chi connectivity index (χ1n) is 6.51. The van der Waals surface area contributed by atoms with Gasteiger partial charge in [0.15, 0.2) is 5.41 Å². The molecule has 1 unspecified atom stereocenters. The summed E-state index contributed by atoms with van der Waals surface area (Å²) < 4.78 is 39.1. The van der Waals surface area contributed by atoms with Crippen LogP contribution in [0.25, 0.3) is 0 Å². The van der Waals surface area contributed by atoms with Crippen LogP contribution < -0.4 is 0 Å². The highest BCUT2D eigenvalue weighted by atomic mass is 19.4. The molecule has 0 saturated carbocycles. The molecule has 2 N–H and O–H groups in total. The minimum atomic E-state index is -4.91. The third-order valence-electron chi connectivity index (χ3n) is 3.87. The van der Waals surface area contributed by atoms with E-state index < -0.39 is 36.4 Å².